The molecule has 75 heavy (non-hydrogen) atoms. The number of nitro groups is 2. The number of carbonyl (C=O) groups excluding carboxylic acids is 6. The van der Waals surface area contributed by atoms with Crippen molar-refractivity contribution >= 4 is 98.0 Å². The molecule has 33 nitrogen and oxygen atoms in total. The Labute approximate surface area is 421 Å². The minimum atomic E-state index is -2.49. The summed E-state index contributed by atoms with van der Waals surface area (Å²) in [6, 6.07) is 21.6. The zero-order valence-electron chi connectivity index (χ0n) is 38.6. The number of fused-ring (bicyclic) bond motifs is 2. The van der Waals surface area contributed by atoms with E-state index in [0.717, 1.165) is 4.90 Å². The Balaban J connectivity index is 1.49. The Morgan fingerprint density at radius 1 is 0.560 bits per heavy atom. The van der Waals surface area contributed by atoms with Gasteiger partial charge in [-0.3, -0.25) is 70.6 Å². The Kier molecular flexibility index (Phi) is 17.7. The van der Waals surface area contributed by atoms with E-state index in [2.05, 4.69) is 36.9 Å². The summed E-state index contributed by atoms with van der Waals surface area (Å²) in [5, 5.41) is 88.3. The maximum absolute atomic E-state index is 14.5. The van der Waals surface area contributed by atoms with Crippen LogP contribution >= 0.6 is 0 Å². The van der Waals surface area contributed by atoms with Crippen LogP contribution in [-0.4, -0.2) is 110 Å². The molecular formula is C42H48N22O11. The van der Waals surface area contributed by atoms with E-state index >= 15 is 0 Å². The third-order valence-corrected chi connectivity index (χ3v) is 10.4. The van der Waals surface area contributed by atoms with Crippen molar-refractivity contribution < 1.29 is 43.7 Å². The van der Waals surface area contributed by atoms with Crippen LogP contribution in [0.25, 0.3) is 21.5 Å². The standard InChI is InChI=1S/C42H48N22O11/c43-27(65)28(58-39(44)45)54-34(67)30(60-41(48)49)56-36(69)31(61-42(50)51)57-35(68)29(59-40(46)47)55-33(66)26(18-8-2-1-3-9-18)53-37(70)38(71)62(32-25(64(74)75)15-21(16-52-32)63(72)73)17-24-22-12-6-4-10-19(22)14-20-11-5-7-13-23(20)24/h1-16,26,28-31,38,71H,17H2,(H2,43,65)(H,53,70)(H,54,67)(H,55,66)(H,56,69)(H,57,68)(H4,44,45,58)(H4,46,47,59)(H4,48,49,60)(H4,50,51,61). The van der Waals surface area contributed by atoms with E-state index in [0.29, 0.717) is 39.4 Å². The summed E-state index contributed by atoms with van der Waals surface area (Å²) in [5.74, 6) is -12.5. The second-order valence-electron chi connectivity index (χ2n) is 15.6. The normalized spacial score (nSPS) is 13.1. The molecular weight excluding hydrogens is 989 g/mol. The molecule has 5 rings (SSSR count). The van der Waals surface area contributed by atoms with Crippen LogP contribution in [0.3, 0.4) is 0 Å². The third-order valence-electron chi connectivity index (χ3n) is 10.4. The number of nitrogens with two attached hydrogens (primary N) is 5. The molecule has 392 valence electrons. The van der Waals surface area contributed by atoms with E-state index in [1.807, 2.05) is 22.0 Å². The number of amides is 6. The van der Waals surface area contributed by atoms with Crippen LogP contribution < -0.4 is 81.4 Å². The van der Waals surface area contributed by atoms with Crippen molar-refractivity contribution in [3.63, 3.8) is 0 Å². The molecule has 1 aromatic heterocycles. The van der Waals surface area contributed by atoms with Crippen molar-refractivity contribution in [1.29, 1.82) is 21.6 Å². The molecule has 6 unspecified atom stereocenters. The molecule has 0 aliphatic carbocycles. The van der Waals surface area contributed by atoms with Gasteiger partial charge in [-0.2, -0.15) is 0 Å². The van der Waals surface area contributed by atoms with Crippen molar-refractivity contribution in [3.8, 4) is 0 Å². The second kappa shape index (κ2) is 24.2. The summed E-state index contributed by atoms with van der Waals surface area (Å²) in [5.41, 5.74) is 25.5. The highest BCUT2D eigenvalue weighted by atomic mass is 16.6. The van der Waals surface area contributed by atoms with Gasteiger partial charge in [-0.15, -0.1) is 0 Å². The zero-order chi connectivity index (χ0) is 55.3. The highest BCUT2D eigenvalue weighted by molar-refractivity contribution is 6.03. The van der Waals surface area contributed by atoms with Gasteiger partial charge < -0.3 is 86.5 Å². The smallest absolute Gasteiger partial charge is 0.318 e. The number of aromatic nitrogens is 1. The minimum Gasteiger partial charge on any atom is -0.370 e. The molecule has 4 aromatic carbocycles. The Morgan fingerprint density at radius 3 is 1.43 bits per heavy atom. The number of primary amides is 1. The highest BCUT2D eigenvalue weighted by Crippen LogP contribution is 2.35. The minimum absolute atomic E-state index is 0.0153. The fraction of sp³-hybridized carbons (Fsp3) is 0.167. The summed E-state index contributed by atoms with van der Waals surface area (Å²) in [6.45, 7) is -0.515. The van der Waals surface area contributed by atoms with E-state index in [4.69, 9.17) is 50.3 Å². The number of pyridine rings is 1. The highest BCUT2D eigenvalue weighted by Gasteiger charge is 2.37. The molecule has 0 bridgehead atoms. The number of hydrogen-bond donors (Lipinski definition) is 19. The number of guanidine groups is 4. The van der Waals surface area contributed by atoms with Crippen LogP contribution in [0.4, 0.5) is 17.2 Å². The SMILES string of the molecule is N=C(N)NC(NC(=O)C(NC(=N)N)NC(=O)C(NC(=N)N)NC(=O)C(NC(=N)N)NC(=O)C(NC(=O)C(O)N(Cc1c2ccccc2cc2ccccc12)c1ncc([N+](=O)[O-])cc1[N+](=O)[O-])c1ccccc1)C(N)=O. The first-order valence-electron chi connectivity index (χ1n) is 21.4. The zero-order valence-corrected chi connectivity index (χ0v) is 38.6. The third kappa shape index (κ3) is 14.3. The molecule has 0 spiro atoms. The van der Waals surface area contributed by atoms with Gasteiger partial charge in [0.2, 0.25) is 18.0 Å². The van der Waals surface area contributed by atoms with Gasteiger partial charge in [-0.25, -0.2) is 4.98 Å². The summed E-state index contributed by atoms with van der Waals surface area (Å²) < 4.78 is 0. The molecule has 0 fully saturated rings. The van der Waals surface area contributed by atoms with Crippen LogP contribution in [0.5, 0.6) is 0 Å². The van der Waals surface area contributed by atoms with Crippen LogP contribution in [0.2, 0.25) is 0 Å². The largest absolute Gasteiger partial charge is 0.370 e. The van der Waals surface area contributed by atoms with Gasteiger partial charge in [-0.05, 0) is 38.7 Å². The molecule has 0 radical (unpaired) electrons. The Hall–Kier alpha value is -11.0. The van der Waals surface area contributed by atoms with Gasteiger partial charge in [0, 0.05) is 6.54 Å². The Bertz CT molecular complexity index is 3050. The van der Waals surface area contributed by atoms with E-state index in [9.17, 15) is 54.1 Å². The number of hydrogen-bond acceptors (Lipinski definition) is 17. The number of aliphatic hydroxyl groups excluding tert-OH is 1. The lowest BCUT2D eigenvalue weighted by molar-refractivity contribution is -0.394. The quantitative estimate of drug-likeness (QED) is 0.00777. The number of carbonyl (C=O) groups is 6. The van der Waals surface area contributed by atoms with E-state index in [1.165, 1.54) is 30.3 Å². The van der Waals surface area contributed by atoms with Crippen LogP contribution in [0.1, 0.15) is 17.2 Å². The van der Waals surface area contributed by atoms with Crippen molar-refractivity contribution in [2.45, 2.75) is 43.5 Å². The molecule has 0 saturated carbocycles. The van der Waals surface area contributed by atoms with E-state index in [1.54, 1.807) is 48.5 Å². The number of nitrogens with one attached hydrogen (secondary N) is 13. The van der Waals surface area contributed by atoms with E-state index in [-0.39, 0.29) is 5.56 Å². The van der Waals surface area contributed by atoms with Crippen molar-refractivity contribution in [3.05, 3.63) is 129 Å². The monoisotopic (exact) mass is 1040 g/mol. The molecule has 24 N–H and O–H groups in total. The van der Waals surface area contributed by atoms with Crippen molar-refractivity contribution in [2.24, 2.45) is 28.7 Å². The molecule has 0 aliphatic heterocycles. The fourth-order valence-corrected chi connectivity index (χ4v) is 7.13. The van der Waals surface area contributed by atoms with Gasteiger partial charge >= 0.3 is 5.69 Å². The maximum atomic E-state index is 14.5. The van der Waals surface area contributed by atoms with Crippen molar-refractivity contribution in [1.82, 2.24) is 52.8 Å². The number of rotatable bonds is 22. The first-order valence-corrected chi connectivity index (χ1v) is 21.4. The van der Waals surface area contributed by atoms with Crippen LogP contribution in [0, 0.1) is 41.9 Å². The predicted octanol–water partition coefficient (Wildman–Crippen LogP) is -4.43. The van der Waals surface area contributed by atoms with Gasteiger partial charge in [0.25, 0.3) is 35.2 Å². The van der Waals surface area contributed by atoms with Crippen molar-refractivity contribution in [2.75, 3.05) is 4.90 Å². The molecule has 0 saturated heterocycles. The second-order valence-corrected chi connectivity index (χ2v) is 15.6. The number of nitrogens with zero attached hydrogens (tertiary/aromatic N) is 4. The van der Waals surface area contributed by atoms with Crippen LogP contribution in [0.15, 0.2) is 97.2 Å². The lowest BCUT2D eigenvalue weighted by Crippen LogP contribution is -2.68. The topological polar surface area (TPSA) is 559 Å². The van der Waals surface area contributed by atoms with Gasteiger partial charge in [0.05, 0.1) is 15.9 Å². The van der Waals surface area contributed by atoms with Gasteiger partial charge in [0.1, 0.15) is 12.2 Å². The number of anilines is 1. The fourth-order valence-electron chi connectivity index (χ4n) is 7.13. The maximum Gasteiger partial charge on any atom is 0.318 e. The molecule has 1 heterocycles. The lowest BCUT2D eigenvalue weighted by Gasteiger charge is -2.31. The average molecular weight is 1040 g/mol. The van der Waals surface area contributed by atoms with Gasteiger partial charge in [-0.1, -0.05) is 78.9 Å². The first-order chi connectivity index (χ1) is 35.4. The molecule has 33 heteroatoms. The number of benzene rings is 4. The predicted molar refractivity (Wildman–Crippen MR) is 266 cm³/mol. The van der Waals surface area contributed by atoms with Gasteiger partial charge in [0.15, 0.2) is 48.5 Å². The molecule has 5 aromatic rings. The molecule has 6 atom stereocenters. The lowest BCUT2D eigenvalue weighted by atomic mass is 9.96. The summed E-state index contributed by atoms with van der Waals surface area (Å²) in [4.78, 5) is 108. The Morgan fingerprint density at radius 2 is 0.987 bits per heavy atom. The molecule has 0 aliphatic rings. The summed E-state index contributed by atoms with van der Waals surface area (Å²) >= 11 is 0. The summed E-state index contributed by atoms with van der Waals surface area (Å²) in [6.07, 6.45) is -10.1. The molecule has 6 amide bonds. The summed E-state index contributed by atoms with van der Waals surface area (Å²) in [7, 11) is 0. The first kappa shape index (κ1) is 54.9. The average Bonchev–Trinajstić information content (AvgIpc) is 3.35. The number of aliphatic hydroxyl groups is 1. The van der Waals surface area contributed by atoms with Crippen LogP contribution in [-0.2, 0) is 35.3 Å². The van der Waals surface area contributed by atoms with E-state index < -0.39 is 130 Å².